The first-order chi connectivity index (χ1) is 11.6. The second kappa shape index (κ2) is 5.86. The van der Waals surface area contributed by atoms with Gasteiger partial charge in [0, 0.05) is 29.9 Å². The maximum Gasteiger partial charge on any atom is 0.244 e. The van der Waals surface area contributed by atoms with Crippen LogP contribution in [-0.2, 0) is 9.53 Å². The Morgan fingerprint density at radius 2 is 2.25 bits per heavy atom. The summed E-state index contributed by atoms with van der Waals surface area (Å²) in [4.78, 5) is 23.1. The van der Waals surface area contributed by atoms with Crippen molar-refractivity contribution in [3.05, 3.63) is 29.5 Å². The van der Waals surface area contributed by atoms with E-state index < -0.39 is 0 Å². The molecule has 0 aliphatic carbocycles. The SMILES string of the molecule is C[C@@H](Nc1ncnc2cc(Cl)ccc12)C(=O)N1CC[C@]2(CCO2)C1. The van der Waals surface area contributed by atoms with Crippen molar-refractivity contribution in [1.29, 1.82) is 0 Å². The number of rotatable bonds is 3. The summed E-state index contributed by atoms with van der Waals surface area (Å²) in [5.74, 6) is 0.717. The van der Waals surface area contributed by atoms with Crippen molar-refractivity contribution in [1.82, 2.24) is 14.9 Å². The van der Waals surface area contributed by atoms with Crippen LogP contribution in [0.5, 0.6) is 0 Å². The fourth-order valence-electron chi connectivity index (χ4n) is 3.43. The highest BCUT2D eigenvalue weighted by atomic mass is 35.5. The molecule has 0 bridgehead atoms. The van der Waals surface area contributed by atoms with E-state index in [1.54, 1.807) is 12.1 Å². The van der Waals surface area contributed by atoms with Gasteiger partial charge in [-0.2, -0.15) is 0 Å². The molecule has 2 aliphatic rings. The molecule has 24 heavy (non-hydrogen) atoms. The highest BCUT2D eigenvalue weighted by molar-refractivity contribution is 6.31. The smallest absolute Gasteiger partial charge is 0.244 e. The van der Waals surface area contributed by atoms with Crippen molar-refractivity contribution in [2.45, 2.75) is 31.4 Å². The fraction of sp³-hybridized carbons (Fsp3) is 0.471. The minimum atomic E-state index is -0.367. The van der Waals surface area contributed by atoms with Gasteiger partial charge in [-0.15, -0.1) is 0 Å². The normalized spacial score (nSPS) is 24.2. The molecular formula is C17H19ClN4O2. The number of fused-ring (bicyclic) bond motifs is 1. The van der Waals surface area contributed by atoms with Gasteiger partial charge in [0.05, 0.1) is 17.7 Å². The Hall–Kier alpha value is -1.92. The number of benzene rings is 1. The summed E-state index contributed by atoms with van der Waals surface area (Å²) in [7, 11) is 0. The number of hydrogen-bond donors (Lipinski definition) is 1. The maximum absolute atomic E-state index is 12.7. The van der Waals surface area contributed by atoms with E-state index >= 15 is 0 Å². The lowest BCUT2D eigenvalue weighted by Gasteiger charge is -2.38. The molecule has 2 fully saturated rings. The molecule has 4 rings (SSSR count). The molecule has 1 spiro atoms. The summed E-state index contributed by atoms with van der Waals surface area (Å²) < 4.78 is 5.68. The Morgan fingerprint density at radius 3 is 2.96 bits per heavy atom. The predicted octanol–water partition coefficient (Wildman–Crippen LogP) is 2.48. The van der Waals surface area contributed by atoms with Gasteiger partial charge in [0.1, 0.15) is 18.2 Å². The van der Waals surface area contributed by atoms with Gasteiger partial charge < -0.3 is 15.0 Å². The van der Waals surface area contributed by atoms with Gasteiger partial charge in [0.15, 0.2) is 0 Å². The number of nitrogens with one attached hydrogen (secondary N) is 1. The van der Waals surface area contributed by atoms with E-state index in [0.717, 1.165) is 36.9 Å². The second-order valence-electron chi connectivity index (χ2n) is 6.54. The Kier molecular flexibility index (Phi) is 3.81. The van der Waals surface area contributed by atoms with Crippen LogP contribution in [0, 0.1) is 0 Å². The molecule has 3 heterocycles. The summed E-state index contributed by atoms with van der Waals surface area (Å²) >= 11 is 6.01. The summed E-state index contributed by atoms with van der Waals surface area (Å²) in [6, 6.07) is 5.08. The highest BCUT2D eigenvalue weighted by Crippen LogP contribution is 2.36. The molecule has 126 valence electrons. The third kappa shape index (κ3) is 2.70. The first kappa shape index (κ1) is 15.6. The van der Waals surface area contributed by atoms with E-state index in [4.69, 9.17) is 16.3 Å². The molecule has 2 saturated heterocycles. The van der Waals surface area contributed by atoms with Crippen LogP contribution in [0.15, 0.2) is 24.5 Å². The lowest BCUT2D eigenvalue weighted by Crippen LogP contribution is -2.48. The van der Waals surface area contributed by atoms with Crippen LogP contribution in [0.2, 0.25) is 5.02 Å². The minimum absolute atomic E-state index is 0.0723. The first-order valence-corrected chi connectivity index (χ1v) is 8.54. The standard InChI is InChI=1S/C17H19ClN4O2/c1-11(16(23)22-6-4-17(9-22)5-7-24-17)21-15-13-3-2-12(18)8-14(13)19-10-20-15/h2-3,8,10-11H,4-7,9H2,1H3,(H,19,20,21)/t11-,17+/m1/s1. The zero-order valence-corrected chi connectivity index (χ0v) is 14.2. The fourth-order valence-corrected chi connectivity index (χ4v) is 3.60. The molecule has 0 saturated carbocycles. The summed E-state index contributed by atoms with van der Waals surface area (Å²) in [6.45, 7) is 4.12. The maximum atomic E-state index is 12.7. The van der Waals surface area contributed by atoms with Crippen LogP contribution in [0.25, 0.3) is 10.9 Å². The topological polar surface area (TPSA) is 67.4 Å². The van der Waals surface area contributed by atoms with E-state index in [0.29, 0.717) is 17.4 Å². The lowest BCUT2D eigenvalue weighted by atomic mass is 9.94. The van der Waals surface area contributed by atoms with Gasteiger partial charge in [-0.25, -0.2) is 9.97 Å². The Balaban J connectivity index is 1.50. The Bertz CT molecular complexity index is 793. The first-order valence-electron chi connectivity index (χ1n) is 8.16. The number of ether oxygens (including phenoxy) is 1. The molecule has 0 unspecified atom stereocenters. The van der Waals surface area contributed by atoms with Crippen LogP contribution in [0.1, 0.15) is 19.8 Å². The van der Waals surface area contributed by atoms with Gasteiger partial charge >= 0.3 is 0 Å². The quantitative estimate of drug-likeness (QED) is 0.924. The molecule has 2 aliphatic heterocycles. The average molecular weight is 347 g/mol. The van der Waals surface area contributed by atoms with Gasteiger partial charge in [0.2, 0.25) is 5.91 Å². The largest absolute Gasteiger partial charge is 0.373 e. The number of carbonyl (C=O) groups is 1. The molecule has 2 aromatic rings. The number of nitrogens with zero attached hydrogens (tertiary/aromatic N) is 3. The molecule has 1 N–H and O–H groups in total. The zero-order chi connectivity index (χ0) is 16.7. The predicted molar refractivity (Wildman–Crippen MR) is 92.1 cm³/mol. The Morgan fingerprint density at radius 1 is 1.42 bits per heavy atom. The molecule has 0 radical (unpaired) electrons. The molecular weight excluding hydrogens is 328 g/mol. The number of halogens is 1. The number of aromatic nitrogens is 2. The van der Waals surface area contributed by atoms with Crippen molar-refractivity contribution < 1.29 is 9.53 Å². The van der Waals surface area contributed by atoms with Crippen molar-refractivity contribution in [2.75, 3.05) is 25.0 Å². The van der Waals surface area contributed by atoms with Crippen LogP contribution >= 0.6 is 11.6 Å². The molecule has 7 heteroatoms. The monoisotopic (exact) mass is 346 g/mol. The summed E-state index contributed by atoms with van der Waals surface area (Å²) in [5.41, 5.74) is 0.677. The lowest BCUT2D eigenvalue weighted by molar-refractivity contribution is -0.146. The van der Waals surface area contributed by atoms with Gasteiger partial charge in [-0.1, -0.05) is 11.6 Å². The average Bonchev–Trinajstić information content (AvgIpc) is 3.00. The van der Waals surface area contributed by atoms with Crippen LogP contribution in [0.4, 0.5) is 5.82 Å². The summed E-state index contributed by atoms with van der Waals surface area (Å²) in [6.07, 6.45) is 3.46. The molecule has 6 nitrogen and oxygen atoms in total. The molecule has 1 aromatic carbocycles. The highest BCUT2D eigenvalue weighted by Gasteiger charge is 2.46. The van der Waals surface area contributed by atoms with Crippen molar-refractivity contribution in [2.24, 2.45) is 0 Å². The van der Waals surface area contributed by atoms with E-state index in [-0.39, 0.29) is 17.6 Å². The van der Waals surface area contributed by atoms with Crippen LogP contribution < -0.4 is 5.32 Å². The van der Waals surface area contributed by atoms with Crippen LogP contribution in [0.3, 0.4) is 0 Å². The number of carbonyl (C=O) groups excluding carboxylic acids is 1. The Labute approximate surface area is 145 Å². The number of hydrogen-bond acceptors (Lipinski definition) is 5. The van der Waals surface area contributed by atoms with Gasteiger partial charge in [0.25, 0.3) is 0 Å². The zero-order valence-electron chi connectivity index (χ0n) is 13.5. The van der Waals surface area contributed by atoms with E-state index in [1.807, 2.05) is 17.9 Å². The van der Waals surface area contributed by atoms with Gasteiger partial charge in [-0.3, -0.25) is 4.79 Å². The van der Waals surface area contributed by atoms with E-state index in [9.17, 15) is 4.79 Å². The van der Waals surface area contributed by atoms with Crippen molar-refractivity contribution in [3.8, 4) is 0 Å². The van der Waals surface area contributed by atoms with E-state index in [1.165, 1.54) is 6.33 Å². The second-order valence-corrected chi connectivity index (χ2v) is 6.98. The van der Waals surface area contributed by atoms with Crippen molar-refractivity contribution in [3.63, 3.8) is 0 Å². The minimum Gasteiger partial charge on any atom is -0.373 e. The summed E-state index contributed by atoms with van der Waals surface area (Å²) in [5, 5.41) is 4.69. The third-order valence-electron chi connectivity index (χ3n) is 4.92. The van der Waals surface area contributed by atoms with E-state index in [2.05, 4.69) is 15.3 Å². The van der Waals surface area contributed by atoms with Crippen LogP contribution in [-0.4, -0.2) is 52.1 Å². The molecule has 1 aromatic heterocycles. The molecule has 2 atom stereocenters. The number of anilines is 1. The van der Waals surface area contributed by atoms with Crippen molar-refractivity contribution >= 4 is 34.2 Å². The number of likely N-dealkylation sites (tertiary alicyclic amines) is 1. The molecule has 1 amide bonds. The third-order valence-corrected chi connectivity index (χ3v) is 5.15. The van der Waals surface area contributed by atoms with Gasteiger partial charge in [-0.05, 0) is 31.5 Å². The number of amides is 1.